The standard InChI is InChI=1S/C13H11N5O2/c1-8-11-12(20-17-8)16-9(2)18(13(11)19)15-7-10-3-5-14-6-4-10/h3-7H,1-2H3/b15-7+. The zero-order valence-corrected chi connectivity index (χ0v) is 10.9. The van der Waals surface area contributed by atoms with Crippen molar-refractivity contribution in [3.05, 3.63) is 52.0 Å². The predicted octanol–water partition coefficient (Wildman–Crippen LogP) is 1.28. The van der Waals surface area contributed by atoms with Gasteiger partial charge in [0.05, 0.1) is 11.9 Å². The monoisotopic (exact) mass is 269 g/mol. The molecule has 20 heavy (non-hydrogen) atoms. The molecule has 3 aromatic heterocycles. The lowest BCUT2D eigenvalue weighted by Gasteiger charge is -2.01. The molecule has 0 saturated heterocycles. The molecule has 3 rings (SSSR count). The smallest absolute Gasteiger partial charge is 0.287 e. The highest BCUT2D eigenvalue weighted by Crippen LogP contribution is 2.11. The van der Waals surface area contributed by atoms with Crippen LogP contribution < -0.4 is 5.56 Å². The minimum Gasteiger partial charge on any atom is -0.335 e. The van der Waals surface area contributed by atoms with Crippen LogP contribution in [-0.4, -0.2) is 26.0 Å². The number of aromatic nitrogens is 4. The fourth-order valence-corrected chi connectivity index (χ4v) is 1.84. The van der Waals surface area contributed by atoms with Gasteiger partial charge in [-0.05, 0) is 31.5 Å². The van der Waals surface area contributed by atoms with Crippen LogP contribution in [0.5, 0.6) is 0 Å². The summed E-state index contributed by atoms with van der Waals surface area (Å²) in [6, 6.07) is 3.58. The number of nitrogens with zero attached hydrogens (tertiary/aromatic N) is 5. The second-order valence-electron chi connectivity index (χ2n) is 4.25. The molecule has 0 amide bonds. The quantitative estimate of drug-likeness (QED) is 0.654. The van der Waals surface area contributed by atoms with Gasteiger partial charge < -0.3 is 4.52 Å². The van der Waals surface area contributed by atoms with E-state index >= 15 is 0 Å². The molecule has 0 fully saturated rings. The van der Waals surface area contributed by atoms with E-state index in [1.807, 2.05) is 0 Å². The van der Waals surface area contributed by atoms with Crippen molar-refractivity contribution in [1.82, 2.24) is 19.8 Å². The molecule has 7 nitrogen and oxygen atoms in total. The van der Waals surface area contributed by atoms with E-state index in [0.717, 1.165) is 5.56 Å². The summed E-state index contributed by atoms with van der Waals surface area (Å²) in [5.74, 6) is 0.434. The van der Waals surface area contributed by atoms with Crippen LogP contribution in [0.1, 0.15) is 17.1 Å². The maximum atomic E-state index is 12.3. The molecule has 0 bridgehead atoms. The van der Waals surface area contributed by atoms with Crippen molar-refractivity contribution in [3.63, 3.8) is 0 Å². The van der Waals surface area contributed by atoms with Gasteiger partial charge in [-0.1, -0.05) is 5.16 Å². The molecular weight excluding hydrogens is 258 g/mol. The van der Waals surface area contributed by atoms with E-state index in [-0.39, 0.29) is 11.3 Å². The summed E-state index contributed by atoms with van der Waals surface area (Å²) >= 11 is 0. The first kappa shape index (κ1) is 12.2. The van der Waals surface area contributed by atoms with E-state index in [0.29, 0.717) is 16.9 Å². The van der Waals surface area contributed by atoms with E-state index in [9.17, 15) is 4.79 Å². The molecule has 0 saturated carbocycles. The highest BCUT2D eigenvalue weighted by molar-refractivity contribution is 5.79. The predicted molar refractivity (Wildman–Crippen MR) is 72.8 cm³/mol. The molecule has 7 heteroatoms. The summed E-state index contributed by atoms with van der Waals surface area (Å²) < 4.78 is 6.22. The lowest BCUT2D eigenvalue weighted by atomic mass is 10.3. The number of aryl methyl sites for hydroxylation is 2. The summed E-state index contributed by atoms with van der Waals surface area (Å²) in [6.45, 7) is 3.38. The van der Waals surface area contributed by atoms with Crippen molar-refractivity contribution < 1.29 is 4.52 Å². The number of fused-ring (bicyclic) bond motifs is 1. The molecule has 0 aliphatic rings. The summed E-state index contributed by atoms with van der Waals surface area (Å²) in [5, 5.41) is 8.26. The molecule has 0 N–H and O–H groups in total. The Morgan fingerprint density at radius 2 is 2.05 bits per heavy atom. The van der Waals surface area contributed by atoms with Gasteiger partial charge in [-0.15, -0.1) is 0 Å². The summed E-state index contributed by atoms with van der Waals surface area (Å²) in [4.78, 5) is 20.4. The highest BCUT2D eigenvalue weighted by Gasteiger charge is 2.14. The fraction of sp³-hybridized carbons (Fsp3) is 0.154. The minimum absolute atomic E-state index is 0.236. The van der Waals surface area contributed by atoms with Crippen molar-refractivity contribution in [2.75, 3.05) is 0 Å². The highest BCUT2D eigenvalue weighted by atomic mass is 16.5. The zero-order chi connectivity index (χ0) is 14.1. The van der Waals surface area contributed by atoms with Crippen LogP contribution in [0, 0.1) is 13.8 Å². The van der Waals surface area contributed by atoms with E-state index in [1.54, 1.807) is 44.6 Å². The van der Waals surface area contributed by atoms with Gasteiger partial charge in [0, 0.05) is 12.4 Å². The van der Waals surface area contributed by atoms with E-state index in [4.69, 9.17) is 4.52 Å². The third kappa shape index (κ3) is 1.99. The number of rotatable bonds is 2. The first-order chi connectivity index (χ1) is 9.66. The summed E-state index contributed by atoms with van der Waals surface area (Å²) in [7, 11) is 0. The molecule has 0 spiro atoms. The van der Waals surface area contributed by atoms with Gasteiger partial charge in [-0.3, -0.25) is 9.78 Å². The molecule has 3 aromatic rings. The van der Waals surface area contributed by atoms with Crippen molar-refractivity contribution >= 4 is 17.3 Å². The van der Waals surface area contributed by atoms with Gasteiger partial charge >= 0.3 is 0 Å². The molecule has 0 aliphatic carbocycles. The Morgan fingerprint density at radius 3 is 2.80 bits per heavy atom. The lowest BCUT2D eigenvalue weighted by Crippen LogP contribution is -2.20. The van der Waals surface area contributed by atoms with Crippen molar-refractivity contribution in [3.8, 4) is 0 Å². The zero-order valence-electron chi connectivity index (χ0n) is 10.9. The van der Waals surface area contributed by atoms with Gasteiger partial charge in [-0.25, -0.2) is 0 Å². The Bertz CT molecular complexity index is 848. The Morgan fingerprint density at radius 1 is 1.30 bits per heavy atom. The molecule has 3 heterocycles. The van der Waals surface area contributed by atoms with Crippen LogP contribution in [0.4, 0.5) is 0 Å². The van der Waals surface area contributed by atoms with E-state index < -0.39 is 0 Å². The fourth-order valence-electron chi connectivity index (χ4n) is 1.84. The van der Waals surface area contributed by atoms with Crippen molar-refractivity contribution in [2.24, 2.45) is 5.10 Å². The topological polar surface area (TPSA) is 86.2 Å². The molecule has 0 unspecified atom stereocenters. The first-order valence-corrected chi connectivity index (χ1v) is 5.97. The van der Waals surface area contributed by atoms with Crippen molar-refractivity contribution in [1.29, 1.82) is 0 Å². The summed E-state index contributed by atoms with van der Waals surface area (Å²) in [5.41, 5.74) is 1.29. The first-order valence-electron chi connectivity index (χ1n) is 5.97. The lowest BCUT2D eigenvalue weighted by molar-refractivity contribution is 0.441. The Labute approximate surface area is 113 Å². The van der Waals surface area contributed by atoms with E-state index in [2.05, 4.69) is 20.2 Å². The maximum Gasteiger partial charge on any atom is 0.287 e. The van der Waals surface area contributed by atoms with Gasteiger partial charge in [0.2, 0.25) is 0 Å². The largest absolute Gasteiger partial charge is 0.335 e. The van der Waals surface area contributed by atoms with Crippen molar-refractivity contribution in [2.45, 2.75) is 13.8 Å². The molecule has 0 aliphatic heterocycles. The minimum atomic E-state index is -0.295. The Balaban J connectivity index is 2.14. The number of hydrogen-bond acceptors (Lipinski definition) is 6. The average molecular weight is 269 g/mol. The number of hydrogen-bond donors (Lipinski definition) is 0. The van der Waals surface area contributed by atoms with Crippen LogP contribution in [-0.2, 0) is 0 Å². The van der Waals surface area contributed by atoms with Crippen LogP contribution in [0.3, 0.4) is 0 Å². The molecular formula is C13H11N5O2. The molecule has 0 aromatic carbocycles. The molecule has 0 radical (unpaired) electrons. The maximum absolute atomic E-state index is 12.3. The van der Waals surface area contributed by atoms with Gasteiger partial charge in [0.1, 0.15) is 11.2 Å². The average Bonchev–Trinajstić information content (AvgIpc) is 2.81. The Kier molecular flexibility index (Phi) is 2.86. The van der Waals surface area contributed by atoms with Gasteiger partial charge in [0.15, 0.2) is 0 Å². The molecule has 0 atom stereocenters. The Hall–Kier alpha value is -2.83. The van der Waals surface area contributed by atoms with Crippen LogP contribution in [0.25, 0.3) is 11.1 Å². The van der Waals surface area contributed by atoms with Crippen LogP contribution >= 0.6 is 0 Å². The third-order valence-electron chi connectivity index (χ3n) is 2.85. The summed E-state index contributed by atoms with van der Waals surface area (Å²) in [6.07, 6.45) is 4.89. The third-order valence-corrected chi connectivity index (χ3v) is 2.85. The second kappa shape index (κ2) is 4.69. The normalized spacial score (nSPS) is 11.5. The van der Waals surface area contributed by atoms with Crippen LogP contribution in [0.15, 0.2) is 38.9 Å². The molecule has 100 valence electrons. The SMILES string of the molecule is Cc1noc2nc(C)n(/N=C/c3ccncc3)c(=O)c12. The number of pyridine rings is 1. The van der Waals surface area contributed by atoms with Gasteiger partial charge in [0.25, 0.3) is 11.3 Å². The second-order valence-corrected chi connectivity index (χ2v) is 4.25. The van der Waals surface area contributed by atoms with E-state index in [1.165, 1.54) is 4.68 Å². The van der Waals surface area contributed by atoms with Gasteiger partial charge in [-0.2, -0.15) is 14.8 Å². The van der Waals surface area contributed by atoms with Crippen LogP contribution in [0.2, 0.25) is 0 Å².